The standard InChI is InChI=1S/C18H21F3N4O/c19-18(20,21)15-3-1-2-13(10-15)11-24-7-4-14(5-8-24)17-23-6-9-25(17)12-16(22)26/h1-3,6,9-10,14H,4-5,7-8,11-12H2,(H2,22,26). The second kappa shape index (κ2) is 7.49. The van der Waals surface area contributed by atoms with E-state index in [1.54, 1.807) is 23.0 Å². The molecule has 1 aromatic carbocycles. The fraction of sp³-hybridized carbons (Fsp3) is 0.444. The quantitative estimate of drug-likeness (QED) is 0.885. The summed E-state index contributed by atoms with van der Waals surface area (Å²) in [6.45, 7) is 2.14. The smallest absolute Gasteiger partial charge is 0.368 e. The van der Waals surface area contributed by atoms with Crippen LogP contribution in [0.1, 0.15) is 35.7 Å². The van der Waals surface area contributed by atoms with Crippen molar-refractivity contribution in [2.45, 2.75) is 38.0 Å². The van der Waals surface area contributed by atoms with Gasteiger partial charge in [0.15, 0.2) is 0 Å². The Morgan fingerprint density at radius 3 is 2.65 bits per heavy atom. The Morgan fingerprint density at radius 1 is 1.27 bits per heavy atom. The molecule has 2 N–H and O–H groups in total. The predicted octanol–water partition coefficient (Wildman–Crippen LogP) is 2.77. The third-order valence-electron chi connectivity index (χ3n) is 4.69. The molecule has 0 unspecified atom stereocenters. The van der Waals surface area contributed by atoms with E-state index in [-0.39, 0.29) is 12.5 Å². The van der Waals surface area contributed by atoms with Crippen molar-refractivity contribution in [1.29, 1.82) is 0 Å². The van der Waals surface area contributed by atoms with Crippen molar-refractivity contribution in [3.63, 3.8) is 0 Å². The van der Waals surface area contributed by atoms with Crippen molar-refractivity contribution in [3.05, 3.63) is 53.6 Å². The predicted molar refractivity (Wildman–Crippen MR) is 90.1 cm³/mol. The van der Waals surface area contributed by atoms with E-state index >= 15 is 0 Å². The summed E-state index contributed by atoms with van der Waals surface area (Å²) >= 11 is 0. The van der Waals surface area contributed by atoms with E-state index in [0.717, 1.165) is 37.8 Å². The largest absolute Gasteiger partial charge is 0.416 e. The summed E-state index contributed by atoms with van der Waals surface area (Å²) in [4.78, 5) is 17.6. The third-order valence-corrected chi connectivity index (χ3v) is 4.69. The molecule has 1 aliphatic heterocycles. The maximum Gasteiger partial charge on any atom is 0.416 e. The van der Waals surface area contributed by atoms with Gasteiger partial charge in [-0.15, -0.1) is 0 Å². The molecule has 0 saturated carbocycles. The molecule has 5 nitrogen and oxygen atoms in total. The van der Waals surface area contributed by atoms with Crippen LogP contribution in [0.2, 0.25) is 0 Å². The van der Waals surface area contributed by atoms with Gasteiger partial charge in [0.05, 0.1) is 5.56 Å². The van der Waals surface area contributed by atoms with Gasteiger partial charge in [-0.1, -0.05) is 18.2 Å². The van der Waals surface area contributed by atoms with Crippen molar-refractivity contribution in [3.8, 4) is 0 Å². The van der Waals surface area contributed by atoms with E-state index in [4.69, 9.17) is 5.73 Å². The van der Waals surface area contributed by atoms with Gasteiger partial charge in [-0.25, -0.2) is 4.98 Å². The first kappa shape index (κ1) is 18.4. The van der Waals surface area contributed by atoms with Crippen molar-refractivity contribution in [2.75, 3.05) is 13.1 Å². The Hall–Kier alpha value is -2.35. The molecule has 1 amide bonds. The van der Waals surface area contributed by atoms with Crippen LogP contribution in [0, 0.1) is 0 Å². The molecule has 1 fully saturated rings. The Labute approximate surface area is 149 Å². The highest BCUT2D eigenvalue weighted by Gasteiger charge is 2.30. The van der Waals surface area contributed by atoms with Crippen molar-refractivity contribution < 1.29 is 18.0 Å². The number of aromatic nitrogens is 2. The first-order valence-corrected chi connectivity index (χ1v) is 8.51. The zero-order valence-electron chi connectivity index (χ0n) is 14.2. The van der Waals surface area contributed by atoms with Crippen LogP contribution >= 0.6 is 0 Å². The lowest BCUT2D eigenvalue weighted by Gasteiger charge is -2.32. The summed E-state index contributed by atoms with van der Waals surface area (Å²) in [7, 11) is 0. The minimum atomic E-state index is -4.32. The number of halogens is 3. The number of nitrogens with two attached hydrogens (primary N) is 1. The first-order valence-electron chi connectivity index (χ1n) is 8.51. The fourth-order valence-corrected chi connectivity index (χ4v) is 3.44. The summed E-state index contributed by atoms with van der Waals surface area (Å²) < 4.78 is 40.3. The van der Waals surface area contributed by atoms with E-state index < -0.39 is 17.6 Å². The van der Waals surface area contributed by atoms with Crippen LogP contribution in [-0.2, 0) is 24.1 Å². The normalized spacial score (nSPS) is 16.7. The molecule has 26 heavy (non-hydrogen) atoms. The van der Waals surface area contributed by atoms with E-state index in [9.17, 15) is 18.0 Å². The molecule has 0 atom stereocenters. The summed E-state index contributed by atoms with van der Waals surface area (Å²) in [5, 5.41) is 0. The molecule has 1 aromatic heterocycles. The van der Waals surface area contributed by atoms with Gasteiger partial charge in [0.2, 0.25) is 5.91 Å². The Balaban J connectivity index is 1.59. The Kier molecular flexibility index (Phi) is 5.31. The molecule has 3 rings (SSSR count). The number of amides is 1. The second-order valence-corrected chi connectivity index (χ2v) is 6.63. The van der Waals surface area contributed by atoms with Crippen LogP contribution in [0.4, 0.5) is 13.2 Å². The number of piperidine rings is 1. The number of rotatable bonds is 5. The lowest BCUT2D eigenvalue weighted by atomic mass is 9.95. The van der Waals surface area contributed by atoms with E-state index in [1.807, 2.05) is 0 Å². The molecule has 0 spiro atoms. The zero-order valence-corrected chi connectivity index (χ0v) is 14.2. The molecule has 1 saturated heterocycles. The number of likely N-dealkylation sites (tertiary alicyclic amines) is 1. The Morgan fingerprint density at radius 2 is 2.00 bits per heavy atom. The molecule has 2 aromatic rings. The molecule has 2 heterocycles. The average Bonchev–Trinajstić information content (AvgIpc) is 3.02. The summed E-state index contributed by atoms with van der Waals surface area (Å²) in [5.41, 5.74) is 5.31. The highest BCUT2D eigenvalue weighted by molar-refractivity contribution is 5.73. The number of hydrogen-bond donors (Lipinski definition) is 1. The maximum absolute atomic E-state index is 12.8. The van der Waals surface area contributed by atoms with Gasteiger partial charge in [0.1, 0.15) is 12.4 Å². The van der Waals surface area contributed by atoms with Crippen molar-refractivity contribution in [2.24, 2.45) is 5.73 Å². The van der Waals surface area contributed by atoms with Gasteiger partial charge in [0.25, 0.3) is 0 Å². The van der Waals surface area contributed by atoms with Crippen LogP contribution in [0.3, 0.4) is 0 Å². The first-order chi connectivity index (χ1) is 12.3. The number of carbonyl (C=O) groups is 1. The summed E-state index contributed by atoms with van der Waals surface area (Å²) in [6, 6.07) is 5.48. The minimum absolute atomic E-state index is 0.111. The number of alkyl halides is 3. The topological polar surface area (TPSA) is 64.2 Å². The van der Waals surface area contributed by atoms with Crippen molar-refractivity contribution in [1.82, 2.24) is 14.5 Å². The minimum Gasteiger partial charge on any atom is -0.368 e. The van der Waals surface area contributed by atoms with Gasteiger partial charge < -0.3 is 10.3 Å². The van der Waals surface area contributed by atoms with Gasteiger partial charge >= 0.3 is 6.18 Å². The van der Waals surface area contributed by atoms with Gasteiger partial charge in [-0.3, -0.25) is 9.69 Å². The van der Waals surface area contributed by atoms with Crippen LogP contribution in [0.5, 0.6) is 0 Å². The van der Waals surface area contributed by atoms with E-state index in [2.05, 4.69) is 9.88 Å². The zero-order chi connectivity index (χ0) is 18.7. The summed E-state index contributed by atoms with van der Waals surface area (Å²) in [6.07, 6.45) is 0.770. The monoisotopic (exact) mass is 366 g/mol. The van der Waals surface area contributed by atoms with Crippen molar-refractivity contribution >= 4 is 5.91 Å². The van der Waals surface area contributed by atoms with Crippen LogP contribution in [0.15, 0.2) is 36.7 Å². The molecule has 0 aliphatic carbocycles. The van der Waals surface area contributed by atoms with Crippen LogP contribution in [-0.4, -0.2) is 33.4 Å². The van der Waals surface area contributed by atoms with Gasteiger partial charge in [-0.05, 0) is 37.6 Å². The third kappa shape index (κ3) is 4.43. The van der Waals surface area contributed by atoms with Crippen LogP contribution < -0.4 is 5.73 Å². The summed E-state index contributed by atoms with van der Waals surface area (Å²) in [5.74, 6) is 0.663. The Bertz CT molecular complexity index is 764. The molecule has 8 heteroatoms. The molecule has 0 bridgehead atoms. The maximum atomic E-state index is 12.8. The SMILES string of the molecule is NC(=O)Cn1ccnc1C1CCN(Cc2cccc(C(F)(F)F)c2)CC1. The molecule has 0 radical (unpaired) electrons. The van der Waals surface area contributed by atoms with Gasteiger partial charge in [0, 0.05) is 24.9 Å². The highest BCUT2D eigenvalue weighted by Crippen LogP contribution is 2.31. The molecule has 1 aliphatic rings. The number of imidazole rings is 1. The molecular weight excluding hydrogens is 345 g/mol. The lowest BCUT2D eigenvalue weighted by molar-refractivity contribution is -0.137. The second-order valence-electron chi connectivity index (χ2n) is 6.63. The van der Waals surface area contributed by atoms with Crippen LogP contribution in [0.25, 0.3) is 0 Å². The van der Waals surface area contributed by atoms with Gasteiger partial charge in [-0.2, -0.15) is 13.2 Å². The fourth-order valence-electron chi connectivity index (χ4n) is 3.44. The number of primary amides is 1. The van der Waals surface area contributed by atoms with E-state index in [0.29, 0.717) is 12.1 Å². The molecule has 140 valence electrons. The number of carbonyl (C=O) groups excluding carboxylic acids is 1. The lowest BCUT2D eigenvalue weighted by Crippen LogP contribution is -2.33. The average molecular weight is 366 g/mol. The highest BCUT2D eigenvalue weighted by atomic mass is 19.4. The number of benzene rings is 1. The number of hydrogen-bond acceptors (Lipinski definition) is 3. The molecular formula is C18H21F3N4O. The van der Waals surface area contributed by atoms with E-state index in [1.165, 1.54) is 12.1 Å². The number of nitrogens with zero attached hydrogens (tertiary/aromatic N) is 3.